The second-order valence-electron chi connectivity index (χ2n) is 7.55. The van der Waals surface area contributed by atoms with Crippen molar-refractivity contribution in [2.75, 3.05) is 11.9 Å². The molecule has 10 heteroatoms. The third-order valence-electron chi connectivity index (χ3n) is 5.09. The van der Waals surface area contributed by atoms with Gasteiger partial charge in [0.1, 0.15) is 12.2 Å². The third-order valence-corrected chi connectivity index (χ3v) is 5.09. The number of H-pyrrole nitrogens is 1. The minimum atomic E-state index is -0.373. The first kappa shape index (κ1) is 17.0. The van der Waals surface area contributed by atoms with Gasteiger partial charge in [0.2, 0.25) is 0 Å². The van der Waals surface area contributed by atoms with Gasteiger partial charge in [0.25, 0.3) is 0 Å². The lowest BCUT2D eigenvalue weighted by molar-refractivity contribution is 0.0675. The Bertz CT molecular complexity index is 1010. The Hall–Kier alpha value is -3.14. The molecule has 2 unspecified atom stereocenters. The highest BCUT2D eigenvalue weighted by Gasteiger charge is 2.40. The zero-order valence-electron chi connectivity index (χ0n) is 15.4. The molecular formula is C18H21N7O3. The molecule has 3 N–H and O–H groups in total. The number of aromatic amines is 1. The summed E-state index contributed by atoms with van der Waals surface area (Å²) in [6, 6.07) is 5.59. The van der Waals surface area contributed by atoms with E-state index in [4.69, 9.17) is 9.47 Å². The van der Waals surface area contributed by atoms with Crippen LogP contribution in [0.3, 0.4) is 0 Å². The molecule has 0 bridgehead atoms. The van der Waals surface area contributed by atoms with Crippen LogP contribution in [0.25, 0.3) is 5.65 Å². The van der Waals surface area contributed by atoms with Crippen LogP contribution >= 0.6 is 0 Å². The number of nitrogens with one attached hydrogen (secondary N) is 3. The van der Waals surface area contributed by atoms with Crippen molar-refractivity contribution in [3.63, 3.8) is 0 Å². The van der Waals surface area contributed by atoms with Crippen molar-refractivity contribution in [3.05, 3.63) is 36.3 Å². The van der Waals surface area contributed by atoms with E-state index in [1.807, 2.05) is 25.1 Å². The number of anilines is 2. The van der Waals surface area contributed by atoms with Gasteiger partial charge in [-0.1, -0.05) is 0 Å². The summed E-state index contributed by atoms with van der Waals surface area (Å²) in [6.45, 7) is 2.39. The van der Waals surface area contributed by atoms with Gasteiger partial charge in [-0.25, -0.2) is 14.3 Å². The van der Waals surface area contributed by atoms with Crippen LogP contribution in [0.5, 0.6) is 0 Å². The van der Waals surface area contributed by atoms with E-state index in [-0.39, 0.29) is 23.8 Å². The van der Waals surface area contributed by atoms with Crippen LogP contribution < -0.4 is 10.6 Å². The summed E-state index contributed by atoms with van der Waals surface area (Å²) in [5.74, 6) is 1.29. The lowest BCUT2D eigenvalue weighted by Crippen LogP contribution is -2.37. The summed E-state index contributed by atoms with van der Waals surface area (Å²) in [4.78, 5) is 16.1. The van der Waals surface area contributed by atoms with Crippen LogP contribution in [-0.2, 0) is 9.47 Å². The molecule has 2 aliphatic rings. The largest absolute Gasteiger partial charge is 0.444 e. The Morgan fingerprint density at radius 2 is 2.29 bits per heavy atom. The predicted molar refractivity (Wildman–Crippen MR) is 99.2 cm³/mol. The number of hydrogen-bond donors (Lipinski definition) is 3. The number of alkyl carbamates (subject to hydrolysis) is 1. The van der Waals surface area contributed by atoms with Gasteiger partial charge in [0, 0.05) is 30.4 Å². The molecule has 1 saturated heterocycles. The maximum atomic E-state index is 11.9. The van der Waals surface area contributed by atoms with Gasteiger partial charge in [-0.3, -0.25) is 5.10 Å². The first-order valence-corrected chi connectivity index (χ1v) is 9.29. The molecule has 2 atom stereocenters. The van der Waals surface area contributed by atoms with Gasteiger partial charge < -0.3 is 20.1 Å². The molecule has 146 valence electrons. The van der Waals surface area contributed by atoms with Crippen molar-refractivity contribution in [2.24, 2.45) is 0 Å². The molecule has 5 rings (SSSR count). The van der Waals surface area contributed by atoms with E-state index in [2.05, 4.69) is 30.9 Å². The molecule has 0 spiro atoms. The molecule has 1 aliphatic carbocycles. The Labute approximate surface area is 160 Å². The quantitative estimate of drug-likeness (QED) is 0.618. The third kappa shape index (κ3) is 3.50. The molecule has 28 heavy (non-hydrogen) atoms. The minimum Gasteiger partial charge on any atom is -0.444 e. The van der Waals surface area contributed by atoms with Crippen LogP contribution in [0.1, 0.15) is 38.0 Å². The van der Waals surface area contributed by atoms with E-state index in [1.54, 1.807) is 16.9 Å². The smallest absolute Gasteiger partial charge is 0.407 e. The summed E-state index contributed by atoms with van der Waals surface area (Å²) in [6.07, 6.45) is 5.23. The average Bonchev–Trinajstić information content (AvgIpc) is 3.11. The molecule has 1 saturated carbocycles. The maximum absolute atomic E-state index is 11.9. The topological polar surface area (TPSA) is 118 Å². The number of ether oxygens (including phenoxy) is 2. The lowest BCUT2D eigenvalue weighted by Gasteiger charge is -2.15. The highest BCUT2D eigenvalue weighted by Crippen LogP contribution is 2.35. The van der Waals surface area contributed by atoms with Crippen LogP contribution in [0, 0.1) is 0 Å². The zero-order chi connectivity index (χ0) is 19.1. The molecule has 2 fully saturated rings. The number of amides is 1. The van der Waals surface area contributed by atoms with Crippen LogP contribution in [0.4, 0.5) is 16.4 Å². The highest BCUT2D eigenvalue weighted by atomic mass is 16.6. The van der Waals surface area contributed by atoms with E-state index in [1.165, 1.54) is 0 Å². The van der Waals surface area contributed by atoms with Crippen molar-refractivity contribution in [1.82, 2.24) is 30.1 Å². The molecular weight excluding hydrogens is 362 g/mol. The van der Waals surface area contributed by atoms with Crippen LogP contribution in [0.15, 0.2) is 30.6 Å². The summed E-state index contributed by atoms with van der Waals surface area (Å²) in [7, 11) is 0. The first-order chi connectivity index (χ1) is 13.6. The molecule has 4 heterocycles. The van der Waals surface area contributed by atoms with Crippen LogP contribution in [0.2, 0.25) is 0 Å². The number of fused-ring (bicyclic) bond motifs is 1. The Kier molecular flexibility index (Phi) is 3.93. The Morgan fingerprint density at radius 1 is 1.39 bits per heavy atom. The molecule has 0 radical (unpaired) electrons. The summed E-state index contributed by atoms with van der Waals surface area (Å²) in [5.41, 5.74) is 1.51. The fourth-order valence-corrected chi connectivity index (χ4v) is 3.22. The Balaban J connectivity index is 1.18. The SMILES string of the molecule is CC1(NC(=O)OC2COC(c3cc(Nc4ccc5nccn5n4)n[nH]3)C2)CC1. The predicted octanol–water partition coefficient (Wildman–Crippen LogP) is 2.30. The average molecular weight is 383 g/mol. The lowest BCUT2D eigenvalue weighted by atomic mass is 10.1. The number of hydrogen-bond acceptors (Lipinski definition) is 7. The Morgan fingerprint density at radius 3 is 3.14 bits per heavy atom. The highest BCUT2D eigenvalue weighted by molar-refractivity contribution is 5.69. The summed E-state index contributed by atoms with van der Waals surface area (Å²) >= 11 is 0. The van der Waals surface area contributed by atoms with Crippen molar-refractivity contribution < 1.29 is 14.3 Å². The monoisotopic (exact) mass is 383 g/mol. The zero-order valence-corrected chi connectivity index (χ0v) is 15.4. The molecule has 3 aromatic heterocycles. The fourth-order valence-electron chi connectivity index (χ4n) is 3.22. The first-order valence-electron chi connectivity index (χ1n) is 9.29. The van der Waals surface area contributed by atoms with Crippen molar-refractivity contribution in [3.8, 4) is 0 Å². The fraction of sp³-hybridized carbons (Fsp3) is 0.444. The van der Waals surface area contributed by atoms with Gasteiger partial charge in [-0.05, 0) is 31.9 Å². The van der Waals surface area contributed by atoms with Gasteiger partial charge >= 0.3 is 6.09 Å². The van der Waals surface area contributed by atoms with Crippen molar-refractivity contribution in [1.29, 1.82) is 0 Å². The van der Waals surface area contributed by atoms with Crippen molar-refractivity contribution in [2.45, 2.75) is 43.9 Å². The molecule has 10 nitrogen and oxygen atoms in total. The van der Waals surface area contributed by atoms with Gasteiger partial charge in [-0.2, -0.15) is 5.10 Å². The van der Waals surface area contributed by atoms with E-state index < -0.39 is 0 Å². The normalized spacial score (nSPS) is 22.9. The number of carbonyl (C=O) groups excluding carboxylic acids is 1. The van der Waals surface area contributed by atoms with E-state index in [9.17, 15) is 4.79 Å². The van der Waals surface area contributed by atoms with Crippen LogP contribution in [-0.4, -0.2) is 49.1 Å². The standard InChI is InChI=1S/C18H21N7O3/c1-18(4-5-18)21-17(26)28-11-8-13(27-10-11)12-9-15(23-22-12)20-14-2-3-16-19-6-7-25(16)24-14/h2-3,6-7,9,11,13H,4-5,8,10H2,1H3,(H,21,26)(H2,20,22,23,24). The van der Waals surface area contributed by atoms with E-state index in [0.29, 0.717) is 24.7 Å². The number of aromatic nitrogens is 5. The molecule has 0 aromatic carbocycles. The number of rotatable bonds is 5. The summed E-state index contributed by atoms with van der Waals surface area (Å²) < 4.78 is 12.9. The van der Waals surface area contributed by atoms with Gasteiger partial charge in [-0.15, -0.1) is 5.10 Å². The van der Waals surface area contributed by atoms with E-state index in [0.717, 1.165) is 24.2 Å². The minimum absolute atomic E-state index is 0.0896. The molecule has 3 aromatic rings. The number of carbonyl (C=O) groups is 1. The van der Waals surface area contributed by atoms with Gasteiger partial charge in [0.05, 0.1) is 12.3 Å². The number of nitrogens with zero attached hydrogens (tertiary/aromatic N) is 4. The second-order valence-corrected chi connectivity index (χ2v) is 7.55. The molecule has 1 amide bonds. The molecule has 1 aliphatic heterocycles. The maximum Gasteiger partial charge on any atom is 0.407 e. The van der Waals surface area contributed by atoms with E-state index >= 15 is 0 Å². The van der Waals surface area contributed by atoms with Gasteiger partial charge in [0.15, 0.2) is 17.3 Å². The number of imidazole rings is 1. The summed E-state index contributed by atoms with van der Waals surface area (Å²) in [5, 5.41) is 17.7. The van der Waals surface area contributed by atoms with Crippen molar-refractivity contribution >= 4 is 23.4 Å². The second kappa shape index (κ2) is 6.48.